The Morgan fingerprint density at radius 1 is 1.40 bits per heavy atom. The number of nitrogens with one attached hydrogen (secondary N) is 1. The van der Waals surface area contributed by atoms with Crippen molar-refractivity contribution in [2.75, 3.05) is 0 Å². The summed E-state index contributed by atoms with van der Waals surface area (Å²) in [5, 5.41) is 0. The third-order valence-corrected chi connectivity index (χ3v) is 4.14. The molecule has 0 saturated carbocycles. The van der Waals surface area contributed by atoms with Gasteiger partial charge in [0.2, 0.25) is 0 Å². The van der Waals surface area contributed by atoms with E-state index in [1.807, 2.05) is 22.6 Å². The second-order valence-electron chi connectivity index (χ2n) is 5.26. The molecule has 0 amide bonds. The van der Waals surface area contributed by atoms with Crippen molar-refractivity contribution in [3.8, 4) is 0 Å². The van der Waals surface area contributed by atoms with E-state index in [4.69, 9.17) is 15.6 Å². The van der Waals surface area contributed by atoms with Gasteiger partial charge in [-0.05, 0) is 43.3 Å². The summed E-state index contributed by atoms with van der Waals surface area (Å²) < 4.78 is 26.7. The summed E-state index contributed by atoms with van der Waals surface area (Å²) in [5.41, 5.74) is -1.02. The first-order chi connectivity index (χ1) is 9.82. The smallest absolute Gasteiger partial charge is 0.331 e. The van der Waals surface area contributed by atoms with Crippen LogP contribution in [0.3, 0.4) is 0 Å². The topological polar surface area (TPSA) is 82.6 Å². The van der Waals surface area contributed by atoms with Crippen LogP contribution in [0.5, 0.6) is 0 Å². The molecule has 3 rings (SSSR count). The van der Waals surface area contributed by atoms with Crippen LogP contribution >= 0.6 is 22.6 Å². The number of aromatic nitrogens is 2. The van der Waals surface area contributed by atoms with Crippen molar-refractivity contribution in [1.29, 1.82) is 0 Å². The molecule has 1 aromatic rings. The maximum absolute atomic E-state index is 12.1. The van der Waals surface area contributed by atoms with Gasteiger partial charge in [0.15, 0.2) is 12.0 Å². The first-order valence-corrected chi connectivity index (χ1v) is 7.22. The number of nitrogens with zero attached hydrogens (tertiary/aromatic N) is 1. The lowest BCUT2D eigenvalue weighted by atomic mass is 10.1. The van der Waals surface area contributed by atoms with E-state index < -0.39 is 41.6 Å². The zero-order chi connectivity index (χ0) is 15.4. The molecule has 20 heavy (non-hydrogen) atoms. The number of H-pyrrole nitrogens is 1. The molecule has 2 aliphatic rings. The summed E-state index contributed by atoms with van der Waals surface area (Å²) in [6, 6.07) is 1.31. The lowest BCUT2D eigenvalue weighted by Gasteiger charge is -2.24. The average Bonchev–Trinajstić information content (AvgIpc) is 2.82. The molecular weight excluding hydrogens is 379 g/mol. The predicted octanol–water partition coefficient (Wildman–Crippen LogP) is 0.579. The number of halogens is 1. The molecule has 1 aromatic heterocycles. The van der Waals surface area contributed by atoms with E-state index in [0.717, 1.165) is 0 Å². The van der Waals surface area contributed by atoms with Gasteiger partial charge in [0.25, 0.3) is 5.56 Å². The highest BCUT2D eigenvalue weighted by molar-refractivity contribution is 14.1. The monoisotopic (exact) mass is 396 g/mol. The van der Waals surface area contributed by atoms with Gasteiger partial charge in [-0.2, -0.15) is 0 Å². The second kappa shape index (κ2) is 4.65. The molecule has 1 unspecified atom stereocenters. The molecule has 0 aromatic carbocycles. The van der Waals surface area contributed by atoms with Crippen molar-refractivity contribution >= 4 is 22.6 Å². The molecule has 8 heteroatoms. The minimum Gasteiger partial charge on any atom is -0.349 e. The molecule has 2 fully saturated rings. The van der Waals surface area contributed by atoms with Crippen molar-refractivity contribution < 1.29 is 15.6 Å². The second-order valence-corrected chi connectivity index (χ2v) is 6.37. The standard InChI is InChI=1S/C12H15IN2O5/c1-5-8-9(20-12(2,3)19-8)10(18-5)15-6(13)4-7(16)14-11(15)17/h4-5,8-10H,1-3H3,(H,14,16,17)/t5-,8+,9?,10-/m1/s1/i1T. The third kappa shape index (κ3) is 2.24. The number of hydrogen-bond acceptors (Lipinski definition) is 5. The third-order valence-electron chi connectivity index (χ3n) is 3.31. The molecule has 1 N–H and O–H groups in total. The van der Waals surface area contributed by atoms with Gasteiger partial charge < -0.3 is 14.2 Å². The Kier molecular flexibility index (Phi) is 3.02. The van der Waals surface area contributed by atoms with Crippen molar-refractivity contribution in [3.63, 3.8) is 0 Å². The highest BCUT2D eigenvalue weighted by Crippen LogP contribution is 2.42. The fraction of sp³-hybridized carbons (Fsp3) is 0.667. The van der Waals surface area contributed by atoms with Crippen LogP contribution in [0.15, 0.2) is 15.7 Å². The Labute approximate surface area is 129 Å². The van der Waals surface area contributed by atoms with Crippen molar-refractivity contribution in [2.45, 2.75) is 51.1 Å². The van der Waals surface area contributed by atoms with Crippen LogP contribution in [0.4, 0.5) is 0 Å². The lowest BCUT2D eigenvalue weighted by Crippen LogP contribution is -2.39. The fourth-order valence-electron chi connectivity index (χ4n) is 2.58. The largest absolute Gasteiger partial charge is 0.349 e. The van der Waals surface area contributed by atoms with Crippen LogP contribution in [0.25, 0.3) is 0 Å². The Morgan fingerprint density at radius 3 is 2.75 bits per heavy atom. The Hall–Kier alpha value is -0.710. The molecule has 0 radical (unpaired) electrons. The predicted molar refractivity (Wildman–Crippen MR) is 77.4 cm³/mol. The number of fused-ring (bicyclic) bond motifs is 1. The van der Waals surface area contributed by atoms with Crippen LogP contribution < -0.4 is 11.2 Å². The normalized spacial score (nSPS) is 35.9. The molecule has 2 aliphatic heterocycles. The molecular formula is C12H15IN2O5. The molecule has 0 spiro atoms. The van der Waals surface area contributed by atoms with E-state index >= 15 is 0 Å². The van der Waals surface area contributed by atoms with Gasteiger partial charge in [-0.1, -0.05) is 0 Å². The quantitative estimate of drug-likeness (QED) is 0.555. The number of rotatable bonds is 1. The fourth-order valence-corrected chi connectivity index (χ4v) is 3.36. The molecule has 110 valence electrons. The van der Waals surface area contributed by atoms with E-state index in [0.29, 0.717) is 3.70 Å². The van der Waals surface area contributed by atoms with Gasteiger partial charge in [-0.15, -0.1) is 0 Å². The minimum atomic E-state index is -0.790. The van der Waals surface area contributed by atoms with Crippen molar-refractivity contribution in [1.82, 2.24) is 9.55 Å². The highest BCUT2D eigenvalue weighted by atomic mass is 127. The van der Waals surface area contributed by atoms with Crippen LogP contribution in [0.2, 0.25) is 0 Å². The summed E-state index contributed by atoms with van der Waals surface area (Å²) in [6.45, 7) is 3.57. The van der Waals surface area contributed by atoms with Crippen molar-refractivity contribution in [3.05, 3.63) is 30.6 Å². The Bertz CT molecular complexity index is 672. The number of ether oxygens (including phenoxy) is 3. The van der Waals surface area contributed by atoms with Gasteiger partial charge in [-0.3, -0.25) is 14.3 Å². The minimum absolute atomic E-state index is 0.00574. The molecule has 0 bridgehead atoms. The molecule has 3 heterocycles. The maximum atomic E-state index is 12.1. The average molecular weight is 396 g/mol. The molecule has 0 aliphatic carbocycles. The van der Waals surface area contributed by atoms with Gasteiger partial charge in [-0.25, -0.2) is 4.79 Å². The summed E-state index contributed by atoms with van der Waals surface area (Å²) in [5.74, 6) is -0.790. The number of hydrogen-bond donors (Lipinski definition) is 1. The van der Waals surface area contributed by atoms with Crippen LogP contribution in [0, 0.1) is 3.70 Å². The number of aromatic amines is 1. The van der Waals surface area contributed by atoms with Gasteiger partial charge in [0.05, 0.1) is 9.80 Å². The summed E-state index contributed by atoms with van der Waals surface area (Å²) in [6.07, 6.45) is -2.09. The lowest BCUT2D eigenvalue weighted by molar-refractivity contribution is -0.195. The zero-order valence-electron chi connectivity index (χ0n) is 12.0. The SMILES string of the molecule is [3H]C[C@H]1O[C@@H](n2c(I)cc(=O)[nH]c2=O)C2OC(C)(C)O[C@H]21. The van der Waals surface area contributed by atoms with Gasteiger partial charge in [0.1, 0.15) is 12.2 Å². The van der Waals surface area contributed by atoms with Gasteiger partial charge >= 0.3 is 5.69 Å². The van der Waals surface area contributed by atoms with E-state index in [1.54, 1.807) is 13.8 Å². The van der Waals surface area contributed by atoms with Crippen molar-refractivity contribution in [2.24, 2.45) is 0 Å². The summed E-state index contributed by atoms with van der Waals surface area (Å²) in [7, 11) is 0. The first-order valence-electron chi connectivity index (χ1n) is 6.85. The highest BCUT2D eigenvalue weighted by Gasteiger charge is 2.54. The van der Waals surface area contributed by atoms with Crippen LogP contribution in [-0.4, -0.2) is 33.7 Å². The summed E-state index contributed by atoms with van der Waals surface area (Å²) in [4.78, 5) is 25.6. The van der Waals surface area contributed by atoms with E-state index in [1.165, 1.54) is 10.6 Å². The van der Waals surface area contributed by atoms with E-state index in [-0.39, 0.29) is 6.90 Å². The first kappa shape index (κ1) is 13.0. The van der Waals surface area contributed by atoms with Crippen LogP contribution in [0.1, 0.15) is 28.3 Å². The maximum Gasteiger partial charge on any atom is 0.331 e. The van der Waals surface area contributed by atoms with E-state index in [2.05, 4.69) is 4.98 Å². The molecule has 7 nitrogen and oxygen atoms in total. The zero-order valence-corrected chi connectivity index (χ0v) is 13.1. The Balaban J connectivity index is 2.04. The molecule has 2 saturated heterocycles. The Morgan fingerprint density at radius 2 is 2.10 bits per heavy atom. The summed E-state index contributed by atoms with van der Waals surface area (Å²) >= 11 is 1.90. The van der Waals surface area contributed by atoms with Gasteiger partial charge in [0, 0.05) is 7.44 Å². The molecule has 4 atom stereocenters. The van der Waals surface area contributed by atoms with E-state index in [9.17, 15) is 9.59 Å². The van der Waals surface area contributed by atoms with Crippen LogP contribution in [-0.2, 0) is 14.2 Å².